The van der Waals surface area contributed by atoms with Crippen molar-refractivity contribution in [3.63, 3.8) is 0 Å². The summed E-state index contributed by atoms with van der Waals surface area (Å²) in [5.41, 5.74) is 2.14. The molecule has 1 N–H and O–H groups in total. The van der Waals surface area contributed by atoms with Gasteiger partial charge in [0.05, 0.1) is 7.11 Å². The summed E-state index contributed by atoms with van der Waals surface area (Å²) in [6, 6.07) is 15.4. The molecule has 88 valence electrons. The predicted octanol–water partition coefficient (Wildman–Crippen LogP) is 3.19. The van der Waals surface area contributed by atoms with Crippen LogP contribution in [0.4, 0.5) is 0 Å². The van der Waals surface area contributed by atoms with Crippen molar-refractivity contribution in [3.05, 3.63) is 59.7 Å². The van der Waals surface area contributed by atoms with Gasteiger partial charge in [0.25, 0.3) is 0 Å². The van der Waals surface area contributed by atoms with Gasteiger partial charge < -0.3 is 9.84 Å². The van der Waals surface area contributed by atoms with Gasteiger partial charge >= 0.3 is 0 Å². The zero-order valence-corrected chi connectivity index (χ0v) is 9.89. The number of hydrogen-bond donors (Lipinski definition) is 1. The van der Waals surface area contributed by atoms with E-state index in [1.165, 1.54) is 5.56 Å². The molecule has 0 spiro atoms. The Kier molecular flexibility index (Phi) is 3.66. The van der Waals surface area contributed by atoms with Crippen LogP contribution in [0, 0.1) is 0 Å². The van der Waals surface area contributed by atoms with E-state index in [1.807, 2.05) is 36.4 Å². The Bertz CT molecular complexity index is 492. The molecule has 0 saturated heterocycles. The minimum Gasteiger partial charge on any atom is -0.508 e. The van der Waals surface area contributed by atoms with E-state index < -0.39 is 0 Å². The molecule has 2 heteroatoms. The first kappa shape index (κ1) is 11.5. The van der Waals surface area contributed by atoms with Gasteiger partial charge in [-0.15, -0.1) is 0 Å². The van der Waals surface area contributed by atoms with Crippen LogP contribution >= 0.6 is 0 Å². The molecule has 0 aromatic heterocycles. The van der Waals surface area contributed by atoms with Crippen LogP contribution in [-0.4, -0.2) is 12.2 Å². The second-order valence-corrected chi connectivity index (χ2v) is 3.94. The van der Waals surface area contributed by atoms with Gasteiger partial charge in [-0.2, -0.15) is 0 Å². The highest BCUT2D eigenvalue weighted by molar-refractivity contribution is 5.36. The largest absolute Gasteiger partial charge is 0.508 e. The first-order valence-corrected chi connectivity index (χ1v) is 5.70. The van der Waals surface area contributed by atoms with Crippen LogP contribution in [-0.2, 0) is 12.8 Å². The van der Waals surface area contributed by atoms with Crippen molar-refractivity contribution in [1.82, 2.24) is 0 Å². The molecule has 0 saturated carbocycles. The number of benzene rings is 2. The Balaban J connectivity index is 2.10. The van der Waals surface area contributed by atoms with E-state index in [9.17, 15) is 5.11 Å². The van der Waals surface area contributed by atoms with Crippen LogP contribution in [0.15, 0.2) is 48.5 Å². The summed E-state index contributed by atoms with van der Waals surface area (Å²) in [5, 5.41) is 9.68. The third-order valence-electron chi connectivity index (χ3n) is 2.85. The van der Waals surface area contributed by atoms with Gasteiger partial charge in [-0.25, -0.2) is 0 Å². The molecule has 2 aromatic rings. The molecule has 2 aromatic carbocycles. The van der Waals surface area contributed by atoms with Crippen LogP contribution in [0.25, 0.3) is 0 Å². The predicted molar refractivity (Wildman–Crippen MR) is 68.5 cm³/mol. The molecule has 0 atom stereocenters. The molecule has 0 aliphatic rings. The van der Waals surface area contributed by atoms with Crippen LogP contribution in [0.1, 0.15) is 11.1 Å². The quantitative estimate of drug-likeness (QED) is 0.870. The van der Waals surface area contributed by atoms with E-state index in [-0.39, 0.29) is 0 Å². The van der Waals surface area contributed by atoms with Crippen molar-refractivity contribution >= 4 is 0 Å². The van der Waals surface area contributed by atoms with Gasteiger partial charge in [-0.05, 0) is 36.1 Å². The lowest BCUT2D eigenvalue weighted by Crippen LogP contribution is -1.95. The van der Waals surface area contributed by atoms with Crippen LogP contribution in [0.2, 0.25) is 0 Å². The Hall–Kier alpha value is -1.96. The molecule has 17 heavy (non-hydrogen) atoms. The molecule has 0 aliphatic carbocycles. The highest BCUT2D eigenvalue weighted by Crippen LogP contribution is 2.22. The summed E-state index contributed by atoms with van der Waals surface area (Å²) >= 11 is 0. The Morgan fingerprint density at radius 3 is 2.18 bits per heavy atom. The minimum absolute atomic E-state index is 0.363. The zero-order chi connectivity index (χ0) is 12.1. The smallest absolute Gasteiger partial charge is 0.122 e. The van der Waals surface area contributed by atoms with Gasteiger partial charge in [0, 0.05) is 0 Å². The van der Waals surface area contributed by atoms with E-state index in [0.29, 0.717) is 5.75 Å². The molecule has 0 amide bonds. The highest BCUT2D eigenvalue weighted by Gasteiger charge is 2.04. The molecule has 0 heterocycles. The van der Waals surface area contributed by atoms with E-state index in [0.717, 1.165) is 24.2 Å². The number of methoxy groups -OCH3 is 1. The van der Waals surface area contributed by atoms with Gasteiger partial charge in [-0.3, -0.25) is 0 Å². The average Bonchev–Trinajstić information content (AvgIpc) is 2.38. The van der Waals surface area contributed by atoms with E-state index in [4.69, 9.17) is 4.74 Å². The SMILES string of the molecule is COc1ccccc1CCc1ccccc1O. The maximum atomic E-state index is 9.68. The fourth-order valence-corrected chi connectivity index (χ4v) is 1.90. The third-order valence-corrected chi connectivity index (χ3v) is 2.85. The molecule has 2 nitrogen and oxygen atoms in total. The molecular weight excluding hydrogens is 212 g/mol. The number of ether oxygens (including phenoxy) is 1. The topological polar surface area (TPSA) is 29.5 Å². The fourth-order valence-electron chi connectivity index (χ4n) is 1.90. The van der Waals surface area contributed by atoms with Gasteiger partial charge in [-0.1, -0.05) is 36.4 Å². The lowest BCUT2D eigenvalue weighted by Gasteiger charge is -2.08. The number of aryl methyl sites for hydroxylation is 2. The monoisotopic (exact) mass is 228 g/mol. The first-order chi connectivity index (χ1) is 8.31. The second-order valence-electron chi connectivity index (χ2n) is 3.94. The molecule has 0 fully saturated rings. The summed E-state index contributed by atoms with van der Waals surface area (Å²) in [6.45, 7) is 0. The van der Waals surface area contributed by atoms with Gasteiger partial charge in [0.15, 0.2) is 0 Å². The maximum absolute atomic E-state index is 9.68. The number of rotatable bonds is 4. The van der Waals surface area contributed by atoms with Crippen LogP contribution < -0.4 is 4.74 Å². The van der Waals surface area contributed by atoms with Crippen molar-refractivity contribution in [2.75, 3.05) is 7.11 Å². The van der Waals surface area contributed by atoms with E-state index in [2.05, 4.69) is 6.07 Å². The number of para-hydroxylation sites is 2. The molecule has 0 bridgehead atoms. The van der Waals surface area contributed by atoms with Crippen molar-refractivity contribution in [2.24, 2.45) is 0 Å². The summed E-state index contributed by atoms with van der Waals surface area (Å²) < 4.78 is 5.30. The minimum atomic E-state index is 0.363. The molecule has 0 radical (unpaired) electrons. The van der Waals surface area contributed by atoms with E-state index in [1.54, 1.807) is 13.2 Å². The molecular formula is C15H16O2. The van der Waals surface area contributed by atoms with Crippen LogP contribution in [0.3, 0.4) is 0 Å². The fraction of sp³-hybridized carbons (Fsp3) is 0.200. The summed E-state index contributed by atoms with van der Waals surface area (Å²) in [5.74, 6) is 1.27. The number of hydrogen-bond acceptors (Lipinski definition) is 2. The Morgan fingerprint density at radius 1 is 0.882 bits per heavy atom. The van der Waals surface area contributed by atoms with Crippen molar-refractivity contribution < 1.29 is 9.84 Å². The standard InChI is InChI=1S/C15H16O2/c1-17-15-9-5-3-7-13(15)11-10-12-6-2-4-8-14(12)16/h2-9,16H,10-11H2,1H3. The van der Waals surface area contributed by atoms with Crippen LogP contribution in [0.5, 0.6) is 11.5 Å². The summed E-state index contributed by atoms with van der Waals surface area (Å²) in [6.07, 6.45) is 1.68. The average molecular weight is 228 g/mol. The Morgan fingerprint density at radius 2 is 1.47 bits per heavy atom. The second kappa shape index (κ2) is 5.39. The molecule has 0 unspecified atom stereocenters. The van der Waals surface area contributed by atoms with Gasteiger partial charge in [0.1, 0.15) is 11.5 Å². The summed E-state index contributed by atoms with van der Waals surface area (Å²) in [7, 11) is 1.68. The number of phenolic OH excluding ortho intramolecular Hbond substituents is 1. The normalized spacial score (nSPS) is 10.2. The lowest BCUT2D eigenvalue weighted by molar-refractivity contribution is 0.409. The van der Waals surface area contributed by atoms with E-state index >= 15 is 0 Å². The first-order valence-electron chi connectivity index (χ1n) is 5.70. The zero-order valence-electron chi connectivity index (χ0n) is 9.89. The Labute approximate surface area is 101 Å². The summed E-state index contributed by atoms with van der Waals surface area (Å²) in [4.78, 5) is 0. The van der Waals surface area contributed by atoms with Crippen molar-refractivity contribution in [2.45, 2.75) is 12.8 Å². The highest BCUT2D eigenvalue weighted by atomic mass is 16.5. The van der Waals surface area contributed by atoms with Crippen molar-refractivity contribution in [1.29, 1.82) is 0 Å². The van der Waals surface area contributed by atoms with Gasteiger partial charge in [0.2, 0.25) is 0 Å². The maximum Gasteiger partial charge on any atom is 0.122 e. The number of phenols is 1. The molecule has 0 aliphatic heterocycles. The third kappa shape index (κ3) is 2.78. The molecule has 2 rings (SSSR count). The number of aromatic hydroxyl groups is 1. The lowest BCUT2D eigenvalue weighted by atomic mass is 10.0. The van der Waals surface area contributed by atoms with Crippen molar-refractivity contribution in [3.8, 4) is 11.5 Å².